The smallest absolute Gasteiger partial charge is 0.241 e. The number of hydrogen-bond donors (Lipinski definition) is 1. The van der Waals surface area contributed by atoms with E-state index in [1.807, 2.05) is 26.0 Å². The number of anilines is 1. The predicted molar refractivity (Wildman–Crippen MR) is 84.3 cm³/mol. The molecule has 1 aromatic carbocycles. The van der Waals surface area contributed by atoms with Crippen LogP contribution < -0.4 is 5.32 Å². The summed E-state index contributed by atoms with van der Waals surface area (Å²) in [6, 6.07) is 5.46. The first kappa shape index (κ1) is 15.3. The summed E-state index contributed by atoms with van der Waals surface area (Å²) in [5, 5.41) is 3.64. The van der Waals surface area contributed by atoms with Gasteiger partial charge in [0.1, 0.15) is 0 Å². The van der Waals surface area contributed by atoms with Crippen LogP contribution in [0.15, 0.2) is 18.2 Å². The van der Waals surface area contributed by atoms with Crippen molar-refractivity contribution in [2.24, 2.45) is 5.92 Å². The lowest BCUT2D eigenvalue weighted by molar-refractivity contribution is -0.121. The number of rotatable bonds is 3. The van der Waals surface area contributed by atoms with Crippen LogP contribution in [0.3, 0.4) is 0 Å². The van der Waals surface area contributed by atoms with E-state index in [1.165, 1.54) is 12.8 Å². The molecule has 1 aliphatic heterocycles. The van der Waals surface area contributed by atoms with E-state index in [4.69, 9.17) is 11.6 Å². The maximum atomic E-state index is 12.4. The van der Waals surface area contributed by atoms with Gasteiger partial charge < -0.3 is 5.32 Å². The topological polar surface area (TPSA) is 32.3 Å². The van der Waals surface area contributed by atoms with E-state index in [0.717, 1.165) is 24.3 Å². The lowest BCUT2D eigenvalue weighted by atomic mass is 9.99. The Balaban J connectivity index is 2.02. The summed E-state index contributed by atoms with van der Waals surface area (Å²) in [5.41, 5.74) is 1.83. The average molecular weight is 295 g/mol. The van der Waals surface area contributed by atoms with E-state index >= 15 is 0 Å². The van der Waals surface area contributed by atoms with Gasteiger partial charge in [-0.3, -0.25) is 9.69 Å². The van der Waals surface area contributed by atoms with Gasteiger partial charge in [0.2, 0.25) is 5.91 Å². The van der Waals surface area contributed by atoms with E-state index in [0.29, 0.717) is 10.9 Å². The van der Waals surface area contributed by atoms with Gasteiger partial charge in [0.15, 0.2) is 0 Å². The number of amides is 1. The molecule has 3 nitrogen and oxygen atoms in total. The van der Waals surface area contributed by atoms with Crippen molar-refractivity contribution in [2.45, 2.75) is 39.7 Å². The van der Waals surface area contributed by atoms with Gasteiger partial charge in [0, 0.05) is 17.3 Å². The Kier molecular flexibility index (Phi) is 5.06. The second-order valence-electron chi connectivity index (χ2n) is 5.87. The van der Waals surface area contributed by atoms with E-state index in [-0.39, 0.29) is 11.9 Å². The monoisotopic (exact) mass is 294 g/mol. The third-order valence-electron chi connectivity index (χ3n) is 4.07. The molecule has 0 bridgehead atoms. The zero-order valence-corrected chi connectivity index (χ0v) is 13.2. The number of aryl methyl sites for hydroxylation is 1. The Morgan fingerprint density at radius 2 is 2.25 bits per heavy atom. The third-order valence-corrected chi connectivity index (χ3v) is 4.31. The van der Waals surface area contributed by atoms with E-state index in [2.05, 4.69) is 17.1 Å². The Hall–Kier alpha value is -1.06. The maximum absolute atomic E-state index is 12.4. The highest BCUT2D eigenvalue weighted by Gasteiger charge is 2.25. The number of nitrogens with zero attached hydrogens (tertiary/aromatic N) is 1. The Labute approximate surface area is 126 Å². The van der Waals surface area contributed by atoms with Gasteiger partial charge in [-0.05, 0) is 56.8 Å². The van der Waals surface area contributed by atoms with Crippen LogP contribution in [0, 0.1) is 12.8 Å². The molecule has 2 atom stereocenters. The summed E-state index contributed by atoms with van der Waals surface area (Å²) >= 11 is 5.99. The first-order chi connectivity index (χ1) is 9.47. The van der Waals surface area contributed by atoms with Crippen molar-refractivity contribution < 1.29 is 4.79 Å². The summed E-state index contributed by atoms with van der Waals surface area (Å²) in [6.07, 6.45) is 2.44. The maximum Gasteiger partial charge on any atom is 0.241 e. The molecule has 1 aliphatic rings. The van der Waals surface area contributed by atoms with Crippen molar-refractivity contribution in [3.8, 4) is 0 Å². The van der Waals surface area contributed by atoms with E-state index in [1.54, 1.807) is 6.07 Å². The molecule has 20 heavy (non-hydrogen) atoms. The third kappa shape index (κ3) is 3.74. The molecule has 1 amide bonds. The molecule has 0 saturated carbocycles. The zero-order chi connectivity index (χ0) is 14.7. The van der Waals surface area contributed by atoms with Crippen molar-refractivity contribution in [2.75, 3.05) is 18.4 Å². The van der Waals surface area contributed by atoms with Crippen LogP contribution in [0.5, 0.6) is 0 Å². The molecule has 1 fully saturated rings. The summed E-state index contributed by atoms with van der Waals surface area (Å²) in [4.78, 5) is 14.7. The highest BCUT2D eigenvalue weighted by Crippen LogP contribution is 2.22. The molecule has 0 spiro atoms. The van der Waals surface area contributed by atoms with Gasteiger partial charge in [0.25, 0.3) is 0 Å². The van der Waals surface area contributed by atoms with E-state index in [9.17, 15) is 4.79 Å². The largest absolute Gasteiger partial charge is 0.324 e. The van der Waals surface area contributed by atoms with Crippen LogP contribution in [0.2, 0.25) is 5.02 Å². The van der Waals surface area contributed by atoms with Crippen molar-refractivity contribution in [3.63, 3.8) is 0 Å². The number of piperidine rings is 1. The van der Waals surface area contributed by atoms with Gasteiger partial charge in [-0.15, -0.1) is 0 Å². The SMILES string of the molecule is Cc1ccc(Cl)cc1NC(=O)[C@@H](C)N1CCC[C@H](C)C1. The molecular weight excluding hydrogens is 272 g/mol. The zero-order valence-electron chi connectivity index (χ0n) is 12.4. The van der Waals surface area contributed by atoms with Gasteiger partial charge in [-0.25, -0.2) is 0 Å². The van der Waals surface area contributed by atoms with Crippen LogP contribution >= 0.6 is 11.6 Å². The Morgan fingerprint density at radius 1 is 1.50 bits per heavy atom. The number of carbonyl (C=O) groups is 1. The number of carbonyl (C=O) groups excluding carboxylic acids is 1. The molecule has 1 aromatic rings. The first-order valence-corrected chi connectivity index (χ1v) is 7.66. The molecular formula is C16H23ClN2O. The number of hydrogen-bond acceptors (Lipinski definition) is 2. The normalized spacial score (nSPS) is 21.5. The van der Waals surface area contributed by atoms with Crippen LogP contribution in [-0.2, 0) is 4.79 Å². The molecule has 0 aliphatic carbocycles. The van der Waals surface area contributed by atoms with Crippen LogP contribution in [0.25, 0.3) is 0 Å². The average Bonchev–Trinajstić information content (AvgIpc) is 2.42. The molecule has 0 aromatic heterocycles. The molecule has 4 heteroatoms. The number of likely N-dealkylation sites (tertiary alicyclic amines) is 1. The lowest BCUT2D eigenvalue weighted by Crippen LogP contribution is -2.46. The fourth-order valence-corrected chi connectivity index (χ4v) is 2.88. The van der Waals surface area contributed by atoms with Crippen molar-refractivity contribution in [1.29, 1.82) is 0 Å². The fourth-order valence-electron chi connectivity index (χ4n) is 2.71. The van der Waals surface area contributed by atoms with Gasteiger partial charge in [-0.2, -0.15) is 0 Å². The molecule has 1 N–H and O–H groups in total. The van der Waals surface area contributed by atoms with Crippen LogP contribution in [-0.4, -0.2) is 29.9 Å². The predicted octanol–water partition coefficient (Wildman–Crippen LogP) is 3.71. The standard InChI is InChI=1S/C16H23ClN2O/c1-11-5-4-8-19(10-11)13(3)16(20)18-15-9-14(17)7-6-12(15)2/h6-7,9,11,13H,4-5,8,10H2,1-3H3,(H,18,20)/t11-,13+/m0/s1. The Morgan fingerprint density at radius 3 is 2.95 bits per heavy atom. The van der Waals surface area contributed by atoms with Crippen molar-refractivity contribution in [1.82, 2.24) is 4.90 Å². The van der Waals surface area contributed by atoms with Crippen molar-refractivity contribution >= 4 is 23.2 Å². The fraction of sp³-hybridized carbons (Fsp3) is 0.562. The summed E-state index contributed by atoms with van der Waals surface area (Å²) in [6.45, 7) is 8.21. The second-order valence-corrected chi connectivity index (χ2v) is 6.30. The lowest BCUT2D eigenvalue weighted by Gasteiger charge is -2.34. The quantitative estimate of drug-likeness (QED) is 0.922. The minimum atomic E-state index is -0.101. The molecule has 110 valence electrons. The summed E-state index contributed by atoms with van der Waals surface area (Å²) in [5.74, 6) is 0.719. The number of halogens is 1. The highest BCUT2D eigenvalue weighted by atomic mass is 35.5. The Bertz CT molecular complexity index is 489. The molecule has 0 radical (unpaired) electrons. The number of benzene rings is 1. The van der Waals surface area contributed by atoms with E-state index < -0.39 is 0 Å². The molecule has 0 unspecified atom stereocenters. The minimum absolute atomic E-state index is 0.0458. The number of nitrogens with one attached hydrogen (secondary N) is 1. The van der Waals surface area contributed by atoms with Gasteiger partial charge in [-0.1, -0.05) is 24.6 Å². The second kappa shape index (κ2) is 6.59. The first-order valence-electron chi connectivity index (χ1n) is 7.28. The van der Waals surface area contributed by atoms with Gasteiger partial charge in [0.05, 0.1) is 6.04 Å². The summed E-state index contributed by atoms with van der Waals surface area (Å²) < 4.78 is 0. The molecule has 1 saturated heterocycles. The van der Waals surface area contributed by atoms with Gasteiger partial charge >= 0.3 is 0 Å². The van der Waals surface area contributed by atoms with Crippen LogP contribution in [0.1, 0.15) is 32.3 Å². The van der Waals surface area contributed by atoms with Crippen molar-refractivity contribution in [3.05, 3.63) is 28.8 Å². The summed E-state index contributed by atoms with van der Waals surface area (Å²) in [7, 11) is 0. The molecule has 2 rings (SSSR count). The molecule has 1 heterocycles. The van der Waals surface area contributed by atoms with Crippen LogP contribution in [0.4, 0.5) is 5.69 Å². The minimum Gasteiger partial charge on any atom is -0.324 e. The highest BCUT2D eigenvalue weighted by molar-refractivity contribution is 6.31.